The molecule has 0 fully saturated rings. The summed E-state index contributed by atoms with van der Waals surface area (Å²) in [6.45, 7) is -0.163. The standard InChI is InChI=1S/C20H19FN2O5S/c1-22(29(26,27)15-8-6-13(21)7-9-15)14-10-17-16-4-2-3-5-18(16)23(11-19(24)25)20(17)28-12-14/h2-9,14H,10-12H2,1H3,(H,24,25)/t14-/m0/s1. The SMILES string of the molecule is CN([C@@H]1COc2c(c3ccccc3n2CC(=O)O)C1)S(=O)(=O)c1ccc(F)cc1. The molecule has 2 heterocycles. The lowest BCUT2D eigenvalue weighted by atomic mass is 10.0. The molecule has 3 aromatic rings. The number of benzene rings is 2. The third-order valence-electron chi connectivity index (χ3n) is 5.17. The number of fused-ring (bicyclic) bond motifs is 3. The van der Waals surface area contributed by atoms with E-state index < -0.39 is 27.9 Å². The van der Waals surface area contributed by atoms with E-state index in [9.17, 15) is 22.7 Å². The van der Waals surface area contributed by atoms with Crippen molar-refractivity contribution >= 4 is 26.9 Å². The molecular formula is C20H19FN2O5S. The van der Waals surface area contributed by atoms with Crippen molar-refractivity contribution < 1.29 is 27.4 Å². The maximum atomic E-state index is 13.2. The molecule has 1 N–H and O–H groups in total. The highest BCUT2D eigenvalue weighted by Crippen LogP contribution is 2.37. The number of halogens is 1. The summed E-state index contributed by atoms with van der Waals surface area (Å²) in [6.07, 6.45) is 0.374. The molecule has 1 atom stereocenters. The molecule has 2 aromatic carbocycles. The van der Waals surface area contributed by atoms with E-state index in [1.165, 1.54) is 23.5 Å². The third kappa shape index (κ3) is 3.36. The minimum absolute atomic E-state index is 0.000465. The molecule has 0 radical (unpaired) electrons. The summed E-state index contributed by atoms with van der Waals surface area (Å²) in [7, 11) is -2.37. The molecule has 1 aliphatic heterocycles. The number of aliphatic carboxylic acids is 1. The molecule has 152 valence electrons. The fourth-order valence-corrected chi connectivity index (χ4v) is 5.02. The van der Waals surface area contributed by atoms with Gasteiger partial charge in [0.05, 0.1) is 16.5 Å². The Morgan fingerprint density at radius 2 is 1.93 bits per heavy atom. The summed E-state index contributed by atoms with van der Waals surface area (Å²) < 4.78 is 47.7. The first-order chi connectivity index (χ1) is 13.8. The van der Waals surface area contributed by atoms with Crippen molar-refractivity contribution in [2.24, 2.45) is 0 Å². The Kier molecular flexibility index (Phi) is 4.79. The van der Waals surface area contributed by atoms with Crippen LogP contribution in [0.4, 0.5) is 4.39 Å². The van der Waals surface area contributed by atoms with E-state index >= 15 is 0 Å². The zero-order chi connectivity index (χ0) is 20.8. The number of ether oxygens (including phenoxy) is 1. The van der Waals surface area contributed by atoms with Gasteiger partial charge < -0.3 is 14.4 Å². The molecule has 7 nitrogen and oxygen atoms in total. The van der Waals surface area contributed by atoms with E-state index in [1.54, 1.807) is 4.57 Å². The monoisotopic (exact) mass is 418 g/mol. The lowest BCUT2D eigenvalue weighted by Gasteiger charge is -2.31. The summed E-state index contributed by atoms with van der Waals surface area (Å²) >= 11 is 0. The molecule has 4 rings (SSSR count). The number of aromatic nitrogens is 1. The average molecular weight is 418 g/mol. The summed E-state index contributed by atoms with van der Waals surface area (Å²) in [5.41, 5.74) is 1.50. The normalized spacial score (nSPS) is 16.6. The van der Waals surface area contributed by atoms with Crippen molar-refractivity contribution in [1.29, 1.82) is 0 Å². The molecule has 0 saturated carbocycles. The van der Waals surface area contributed by atoms with Gasteiger partial charge in [0.2, 0.25) is 10.0 Å². The van der Waals surface area contributed by atoms with Crippen LogP contribution in [-0.4, -0.2) is 48.1 Å². The number of carboxylic acids is 1. The van der Waals surface area contributed by atoms with Crippen molar-refractivity contribution in [3.05, 3.63) is 59.9 Å². The molecular weight excluding hydrogens is 399 g/mol. The fourth-order valence-electron chi connectivity index (χ4n) is 3.68. The molecule has 0 aliphatic carbocycles. The maximum absolute atomic E-state index is 13.2. The zero-order valence-corrected chi connectivity index (χ0v) is 16.4. The summed E-state index contributed by atoms with van der Waals surface area (Å²) in [4.78, 5) is 11.3. The number of likely N-dealkylation sites (N-methyl/N-ethyl adjacent to an activating group) is 1. The van der Waals surface area contributed by atoms with E-state index in [0.717, 1.165) is 28.6 Å². The summed E-state index contributed by atoms with van der Waals surface area (Å²) in [5, 5.41) is 10.1. The molecule has 0 saturated heterocycles. The minimum atomic E-state index is -3.84. The number of sulfonamides is 1. The molecule has 29 heavy (non-hydrogen) atoms. The predicted molar refractivity (Wildman–Crippen MR) is 104 cm³/mol. The fraction of sp³-hybridized carbons (Fsp3) is 0.250. The highest BCUT2D eigenvalue weighted by Gasteiger charge is 2.34. The Labute approximate surface area is 167 Å². The highest BCUT2D eigenvalue weighted by atomic mass is 32.2. The highest BCUT2D eigenvalue weighted by molar-refractivity contribution is 7.89. The molecule has 0 spiro atoms. The zero-order valence-electron chi connectivity index (χ0n) is 15.6. The van der Waals surface area contributed by atoms with Crippen molar-refractivity contribution in [2.75, 3.05) is 13.7 Å². The van der Waals surface area contributed by atoms with Crippen LogP contribution in [0.2, 0.25) is 0 Å². The van der Waals surface area contributed by atoms with Crippen LogP contribution in [0.5, 0.6) is 5.88 Å². The van der Waals surface area contributed by atoms with Crippen LogP contribution in [0.1, 0.15) is 5.56 Å². The van der Waals surface area contributed by atoms with E-state index in [-0.39, 0.29) is 18.0 Å². The first kappa shape index (κ1) is 19.4. The van der Waals surface area contributed by atoms with Gasteiger partial charge in [-0.05, 0) is 36.8 Å². The van der Waals surface area contributed by atoms with Crippen LogP contribution in [-0.2, 0) is 27.8 Å². The molecule has 1 aliphatic rings. The van der Waals surface area contributed by atoms with Crippen molar-refractivity contribution in [2.45, 2.75) is 23.9 Å². The molecule has 9 heteroatoms. The number of para-hydroxylation sites is 1. The van der Waals surface area contributed by atoms with Gasteiger partial charge in [0.1, 0.15) is 19.0 Å². The van der Waals surface area contributed by atoms with Gasteiger partial charge in [0.15, 0.2) is 5.88 Å². The van der Waals surface area contributed by atoms with Crippen LogP contribution in [0.15, 0.2) is 53.4 Å². The van der Waals surface area contributed by atoms with Gasteiger partial charge >= 0.3 is 5.97 Å². The Balaban J connectivity index is 1.70. The summed E-state index contributed by atoms with van der Waals surface area (Å²) in [5.74, 6) is -1.05. The second-order valence-corrected chi connectivity index (χ2v) is 8.92. The largest absolute Gasteiger partial charge is 0.480 e. The number of rotatable bonds is 5. The lowest BCUT2D eigenvalue weighted by Crippen LogP contribution is -2.44. The van der Waals surface area contributed by atoms with E-state index in [2.05, 4.69) is 0 Å². The van der Waals surface area contributed by atoms with Gasteiger partial charge in [-0.15, -0.1) is 0 Å². The Morgan fingerprint density at radius 1 is 1.24 bits per heavy atom. The van der Waals surface area contributed by atoms with Crippen molar-refractivity contribution in [3.8, 4) is 5.88 Å². The van der Waals surface area contributed by atoms with Crippen LogP contribution >= 0.6 is 0 Å². The minimum Gasteiger partial charge on any atom is -0.480 e. The summed E-state index contributed by atoms with van der Waals surface area (Å²) in [6, 6.07) is 11.5. The van der Waals surface area contributed by atoms with Crippen LogP contribution in [0.25, 0.3) is 10.9 Å². The van der Waals surface area contributed by atoms with Crippen LogP contribution in [0.3, 0.4) is 0 Å². The number of carbonyl (C=O) groups is 1. The molecule has 0 bridgehead atoms. The second-order valence-electron chi connectivity index (χ2n) is 6.92. The van der Waals surface area contributed by atoms with Gasteiger partial charge in [-0.3, -0.25) is 4.79 Å². The Hall–Kier alpha value is -2.91. The first-order valence-electron chi connectivity index (χ1n) is 8.97. The second kappa shape index (κ2) is 7.16. The van der Waals surface area contributed by atoms with Gasteiger partial charge in [0, 0.05) is 18.0 Å². The average Bonchev–Trinajstić information content (AvgIpc) is 3.00. The molecule has 0 amide bonds. The first-order valence-corrected chi connectivity index (χ1v) is 10.4. The number of nitrogens with zero attached hydrogens (tertiary/aromatic N) is 2. The lowest BCUT2D eigenvalue weighted by molar-refractivity contribution is -0.137. The number of carboxylic acid groups (broad SMARTS) is 1. The van der Waals surface area contributed by atoms with E-state index in [0.29, 0.717) is 12.3 Å². The van der Waals surface area contributed by atoms with Gasteiger partial charge in [0.25, 0.3) is 0 Å². The van der Waals surface area contributed by atoms with Gasteiger partial charge in [-0.25, -0.2) is 12.8 Å². The number of hydrogen-bond acceptors (Lipinski definition) is 4. The van der Waals surface area contributed by atoms with E-state index in [4.69, 9.17) is 4.74 Å². The van der Waals surface area contributed by atoms with Crippen LogP contribution in [0, 0.1) is 5.82 Å². The van der Waals surface area contributed by atoms with Crippen molar-refractivity contribution in [1.82, 2.24) is 8.87 Å². The van der Waals surface area contributed by atoms with Gasteiger partial charge in [-0.2, -0.15) is 4.31 Å². The quantitative estimate of drug-likeness (QED) is 0.688. The van der Waals surface area contributed by atoms with Crippen LogP contribution < -0.4 is 4.74 Å². The number of hydrogen-bond donors (Lipinski definition) is 1. The maximum Gasteiger partial charge on any atom is 0.323 e. The van der Waals surface area contributed by atoms with Crippen molar-refractivity contribution in [3.63, 3.8) is 0 Å². The predicted octanol–water partition coefficient (Wildman–Crippen LogP) is 2.49. The Bertz CT molecular complexity index is 1190. The Morgan fingerprint density at radius 3 is 2.62 bits per heavy atom. The molecule has 1 aromatic heterocycles. The topological polar surface area (TPSA) is 88.8 Å². The molecule has 0 unspecified atom stereocenters. The van der Waals surface area contributed by atoms with E-state index in [1.807, 2.05) is 24.3 Å². The third-order valence-corrected chi connectivity index (χ3v) is 7.10. The van der Waals surface area contributed by atoms with Gasteiger partial charge in [-0.1, -0.05) is 18.2 Å². The smallest absolute Gasteiger partial charge is 0.323 e.